The van der Waals surface area contributed by atoms with Crippen molar-refractivity contribution in [3.8, 4) is 11.3 Å². The van der Waals surface area contributed by atoms with E-state index in [9.17, 15) is 0 Å². The first-order chi connectivity index (χ1) is 11.2. The molecule has 2 aliphatic heterocycles. The monoisotopic (exact) mass is 364 g/mol. The van der Waals surface area contributed by atoms with Crippen LogP contribution in [0.15, 0.2) is 63.9 Å². The second-order valence-electron chi connectivity index (χ2n) is 5.70. The van der Waals surface area contributed by atoms with E-state index >= 15 is 0 Å². The average Bonchev–Trinajstić information content (AvgIpc) is 3.07. The second kappa shape index (κ2) is 4.49. The molecule has 3 aromatic rings. The number of hydrazone groups is 1. The molecule has 0 amide bonds. The van der Waals surface area contributed by atoms with Gasteiger partial charge in [0.1, 0.15) is 6.34 Å². The Bertz CT molecular complexity index is 1020. The standard InChI is InChI=1S/C18H13BrN4/c1-21-18-10-22-16-8-4-6-14(19)13(16)9-17(22)12-5-2-3-7-15(12)23(18)11-20-21/h2-11H,1H3. The zero-order valence-electron chi connectivity index (χ0n) is 12.4. The first-order valence-corrected chi connectivity index (χ1v) is 8.21. The van der Waals surface area contributed by atoms with Crippen LogP contribution >= 0.6 is 15.9 Å². The van der Waals surface area contributed by atoms with E-state index < -0.39 is 0 Å². The highest BCUT2D eigenvalue weighted by atomic mass is 79.9. The predicted molar refractivity (Wildman–Crippen MR) is 98.1 cm³/mol. The Morgan fingerprint density at radius 3 is 2.83 bits per heavy atom. The van der Waals surface area contributed by atoms with Crippen molar-refractivity contribution >= 4 is 45.1 Å². The summed E-state index contributed by atoms with van der Waals surface area (Å²) in [6.07, 6.45) is 4.02. The quantitative estimate of drug-likeness (QED) is 0.584. The normalized spacial score (nSPS) is 15.3. The molecular weight excluding hydrogens is 352 g/mol. The van der Waals surface area contributed by atoms with Gasteiger partial charge in [-0.1, -0.05) is 40.2 Å². The number of halogens is 1. The van der Waals surface area contributed by atoms with E-state index in [1.165, 1.54) is 22.2 Å². The van der Waals surface area contributed by atoms with Gasteiger partial charge in [0, 0.05) is 22.5 Å². The Hall–Kier alpha value is -2.53. The van der Waals surface area contributed by atoms with Gasteiger partial charge in [0.25, 0.3) is 0 Å². The van der Waals surface area contributed by atoms with Gasteiger partial charge in [0.05, 0.1) is 23.1 Å². The zero-order chi connectivity index (χ0) is 15.6. The highest BCUT2D eigenvalue weighted by Gasteiger charge is 2.27. The van der Waals surface area contributed by atoms with Crippen molar-refractivity contribution in [2.75, 3.05) is 11.9 Å². The van der Waals surface area contributed by atoms with Gasteiger partial charge in [-0.2, -0.15) is 5.10 Å². The summed E-state index contributed by atoms with van der Waals surface area (Å²) >= 11 is 3.67. The fourth-order valence-electron chi connectivity index (χ4n) is 3.31. The Morgan fingerprint density at radius 1 is 1.04 bits per heavy atom. The van der Waals surface area contributed by atoms with E-state index in [-0.39, 0.29) is 0 Å². The predicted octanol–water partition coefficient (Wildman–Crippen LogP) is 4.54. The van der Waals surface area contributed by atoms with E-state index in [1.807, 2.05) is 18.4 Å². The first-order valence-electron chi connectivity index (χ1n) is 7.42. The lowest BCUT2D eigenvalue weighted by atomic mass is 10.1. The molecule has 5 rings (SSSR count). The maximum atomic E-state index is 4.42. The fraction of sp³-hybridized carbons (Fsp3) is 0.0556. The van der Waals surface area contributed by atoms with Crippen molar-refractivity contribution in [3.05, 3.63) is 58.8 Å². The van der Waals surface area contributed by atoms with E-state index in [0.29, 0.717) is 0 Å². The van der Waals surface area contributed by atoms with Crippen molar-refractivity contribution < 1.29 is 0 Å². The highest BCUT2D eigenvalue weighted by molar-refractivity contribution is 9.10. The van der Waals surface area contributed by atoms with Crippen LogP contribution in [0.4, 0.5) is 5.69 Å². The Morgan fingerprint density at radius 2 is 1.91 bits per heavy atom. The molecule has 2 aliphatic rings. The van der Waals surface area contributed by atoms with Crippen LogP contribution in [-0.2, 0) is 0 Å². The van der Waals surface area contributed by atoms with Crippen molar-refractivity contribution in [1.29, 1.82) is 0 Å². The number of rotatable bonds is 0. The van der Waals surface area contributed by atoms with Crippen LogP contribution in [0.25, 0.3) is 28.4 Å². The van der Waals surface area contributed by atoms with Crippen molar-refractivity contribution in [2.45, 2.75) is 0 Å². The summed E-state index contributed by atoms with van der Waals surface area (Å²) in [5.41, 5.74) is 4.71. The summed E-state index contributed by atoms with van der Waals surface area (Å²) in [6.45, 7) is 0. The van der Waals surface area contributed by atoms with Crippen molar-refractivity contribution in [3.63, 3.8) is 0 Å². The largest absolute Gasteiger partial charge is 0.312 e. The molecule has 0 fully saturated rings. The Kier molecular flexibility index (Phi) is 2.53. The third-order valence-corrected chi connectivity index (χ3v) is 5.12. The lowest BCUT2D eigenvalue weighted by Gasteiger charge is -2.19. The molecule has 0 aliphatic carbocycles. The van der Waals surface area contributed by atoms with Gasteiger partial charge in [-0.25, -0.2) is 5.01 Å². The van der Waals surface area contributed by atoms with Gasteiger partial charge in [-0.3, -0.25) is 4.90 Å². The maximum Gasteiger partial charge on any atom is 0.151 e. The van der Waals surface area contributed by atoms with Crippen LogP contribution in [0, 0.1) is 0 Å². The molecule has 5 heteroatoms. The lowest BCUT2D eigenvalue weighted by molar-refractivity contribution is 0.468. The molecule has 4 nitrogen and oxygen atoms in total. The number of aromatic nitrogens is 1. The van der Waals surface area contributed by atoms with Gasteiger partial charge in [0.2, 0.25) is 0 Å². The highest BCUT2D eigenvalue weighted by Crippen LogP contribution is 2.41. The van der Waals surface area contributed by atoms with Crippen LogP contribution in [0.3, 0.4) is 0 Å². The van der Waals surface area contributed by atoms with Crippen LogP contribution in [0.1, 0.15) is 0 Å². The summed E-state index contributed by atoms with van der Waals surface area (Å²) in [5, 5.41) is 7.53. The van der Waals surface area contributed by atoms with E-state index in [4.69, 9.17) is 0 Å². The topological polar surface area (TPSA) is 23.8 Å². The second-order valence-corrected chi connectivity index (χ2v) is 6.56. The van der Waals surface area contributed by atoms with Crippen molar-refractivity contribution in [1.82, 2.24) is 9.58 Å². The third-order valence-electron chi connectivity index (χ3n) is 4.43. The Balaban J connectivity index is 1.94. The van der Waals surface area contributed by atoms with Crippen LogP contribution in [0.2, 0.25) is 0 Å². The summed E-state index contributed by atoms with van der Waals surface area (Å²) in [6, 6.07) is 17.0. The molecule has 23 heavy (non-hydrogen) atoms. The van der Waals surface area contributed by atoms with E-state index in [0.717, 1.165) is 16.0 Å². The molecule has 0 saturated carbocycles. The molecule has 0 unspecified atom stereocenters. The lowest BCUT2D eigenvalue weighted by Crippen LogP contribution is -2.21. The van der Waals surface area contributed by atoms with Crippen LogP contribution < -0.4 is 4.90 Å². The molecule has 0 N–H and O–H groups in total. The third kappa shape index (κ3) is 1.68. The molecule has 0 bridgehead atoms. The van der Waals surface area contributed by atoms with Gasteiger partial charge in [-0.05, 0) is 24.3 Å². The van der Waals surface area contributed by atoms with E-state index in [2.05, 4.69) is 85.2 Å². The van der Waals surface area contributed by atoms with Crippen LogP contribution in [-0.4, -0.2) is 23.0 Å². The van der Waals surface area contributed by atoms with Crippen molar-refractivity contribution in [2.24, 2.45) is 5.10 Å². The first kappa shape index (κ1) is 13.0. The molecule has 3 heterocycles. The van der Waals surface area contributed by atoms with Gasteiger partial charge in [-0.15, -0.1) is 0 Å². The maximum absolute atomic E-state index is 4.42. The molecule has 0 spiro atoms. The molecular formula is C18H13BrN4. The summed E-state index contributed by atoms with van der Waals surface area (Å²) in [4.78, 5) is 2.13. The zero-order valence-corrected chi connectivity index (χ0v) is 14.0. The number of para-hydroxylation sites is 1. The molecule has 2 aromatic carbocycles. The number of benzene rings is 2. The van der Waals surface area contributed by atoms with Crippen LogP contribution in [0.5, 0.6) is 0 Å². The summed E-state index contributed by atoms with van der Waals surface area (Å²) in [7, 11) is 1.97. The minimum atomic E-state index is 1.04. The number of anilines is 1. The SMILES string of the molecule is CN1N=CN2C1=Cn1c(cc3c(Br)cccc31)-c1ccccc12. The smallest absolute Gasteiger partial charge is 0.151 e. The Labute approximate surface area is 142 Å². The van der Waals surface area contributed by atoms with Gasteiger partial charge < -0.3 is 4.57 Å². The number of nitrogens with zero attached hydrogens (tertiary/aromatic N) is 4. The number of fused-ring (bicyclic) bond motifs is 7. The number of hydrogen-bond donors (Lipinski definition) is 0. The number of hydrogen-bond acceptors (Lipinski definition) is 3. The minimum Gasteiger partial charge on any atom is -0.312 e. The summed E-state index contributed by atoms with van der Waals surface area (Å²) < 4.78 is 3.36. The summed E-state index contributed by atoms with van der Waals surface area (Å²) in [5.74, 6) is 1.04. The van der Waals surface area contributed by atoms with Gasteiger partial charge in [0.15, 0.2) is 5.82 Å². The minimum absolute atomic E-state index is 1.04. The van der Waals surface area contributed by atoms with E-state index in [1.54, 1.807) is 0 Å². The fourth-order valence-corrected chi connectivity index (χ4v) is 3.78. The molecule has 0 radical (unpaired) electrons. The van der Waals surface area contributed by atoms with Gasteiger partial charge >= 0.3 is 0 Å². The molecule has 0 saturated heterocycles. The molecule has 112 valence electrons. The molecule has 1 aromatic heterocycles. The molecule has 0 atom stereocenters. The average molecular weight is 365 g/mol.